The van der Waals surface area contributed by atoms with Gasteiger partial charge in [0.2, 0.25) is 0 Å². The maximum atomic E-state index is 11.2. The molecule has 4 nitrogen and oxygen atoms in total. The first kappa shape index (κ1) is 13.8. The van der Waals surface area contributed by atoms with Crippen molar-refractivity contribution in [1.82, 2.24) is 0 Å². The third-order valence-electron chi connectivity index (χ3n) is 1.66. The average molecular weight is 241 g/mol. The number of Topliss-reactive ketones (excluding diaryl/α,β-unsaturated/α-hetero) is 1. The lowest BCUT2D eigenvalue weighted by Crippen LogP contribution is -2.14. The molecule has 0 aromatic rings. The normalized spacial score (nSPS) is 15.4. The van der Waals surface area contributed by atoms with Crippen LogP contribution in [-0.2, 0) is 9.36 Å². The fourth-order valence-electron chi connectivity index (χ4n) is 0.829. The lowest BCUT2D eigenvalue weighted by Gasteiger charge is -2.08. The summed E-state index contributed by atoms with van der Waals surface area (Å²) in [4.78, 5) is 28.3. The Kier molecular flexibility index (Phi) is 5.60. The van der Waals surface area contributed by atoms with Gasteiger partial charge < -0.3 is 9.79 Å². The smallest absolute Gasteiger partial charge is 0.324 e. The van der Waals surface area contributed by atoms with Crippen LogP contribution < -0.4 is 0 Å². The fraction of sp³-hybridized carbons (Fsp3) is 0.625. The first-order chi connectivity index (χ1) is 6.22. The van der Waals surface area contributed by atoms with Crippen LogP contribution in [0, 0.1) is 5.92 Å². The summed E-state index contributed by atoms with van der Waals surface area (Å²) in [7, 11) is -4.23. The minimum atomic E-state index is -4.23. The predicted octanol–water partition coefficient (Wildman–Crippen LogP) is 1.90. The average Bonchev–Trinajstić information content (AvgIpc) is 1.96. The number of carbonyl (C=O) groups excluding carboxylic acids is 1. The number of allylic oxidation sites excluding steroid dienone is 2. The Hall–Kier alpha value is -0.150. The van der Waals surface area contributed by atoms with E-state index < -0.39 is 25.5 Å². The Labute approximate surface area is 88.1 Å². The second-order valence-electron chi connectivity index (χ2n) is 3.22. The van der Waals surface area contributed by atoms with Gasteiger partial charge in [-0.15, -0.1) is 0 Å². The molecule has 0 spiro atoms. The molecule has 82 valence electrons. The zero-order valence-electron chi connectivity index (χ0n) is 8.11. The van der Waals surface area contributed by atoms with Crippen LogP contribution in [0.25, 0.3) is 0 Å². The molecule has 0 saturated carbocycles. The first-order valence-electron chi connectivity index (χ1n) is 4.12. The van der Waals surface area contributed by atoms with Crippen molar-refractivity contribution in [3.05, 3.63) is 11.1 Å². The highest BCUT2D eigenvalue weighted by Gasteiger charge is 2.22. The van der Waals surface area contributed by atoms with Crippen LogP contribution in [0.15, 0.2) is 11.1 Å². The number of hydrogen-bond acceptors (Lipinski definition) is 2. The Morgan fingerprint density at radius 1 is 1.57 bits per heavy atom. The molecule has 0 aromatic heterocycles. The molecule has 0 saturated heterocycles. The molecule has 0 aliphatic rings. The fourth-order valence-corrected chi connectivity index (χ4v) is 1.64. The molecular formula is C8H14ClO4P. The number of rotatable bonds is 5. The molecule has 0 heterocycles. The molecule has 0 rings (SSSR count). The Morgan fingerprint density at radius 3 is 2.43 bits per heavy atom. The van der Waals surface area contributed by atoms with Crippen molar-refractivity contribution in [2.24, 2.45) is 5.92 Å². The molecular weight excluding hydrogens is 227 g/mol. The highest BCUT2D eigenvalue weighted by Crippen LogP contribution is 2.35. The number of carbonyl (C=O) groups is 1. The standard InChI is InChI=1S/C8H14ClO4P/c1-6(3-4-7(2)9)8(10)5-14(11,12)13/h4,6H,3,5H2,1-2H3,(H2,11,12,13)/b7-4+. The van der Waals surface area contributed by atoms with Crippen molar-refractivity contribution in [3.8, 4) is 0 Å². The second kappa shape index (κ2) is 5.66. The summed E-state index contributed by atoms with van der Waals surface area (Å²) in [5, 5.41) is 0.570. The molecule has 0 radical (unpaired) electrons. The molecule has 0 bridgehead atoms. The van der Waals surface area contributed by atoms with Gasteiger partial charge in [-0.1, -0.05) is 24.6 Å². The van der Waals surface area contributed by atoms with Crippen LogP contribution in [0.3, 0.4) is 0 Å². The molecule has 14 heavy (non-hydrogen) atoms. The van der Waals surface area contributed by atoms with Crippen LogP contribution in [-0.4, -0.2) is 21.7 Å². The van der Waals surface area contributed by atoms with Gasteiger partial charge in [-0.25, -0.2) is 0 Å². The van der Waals surface area contributed by atoms with Gasteiger partial charge in [0.05, 0.1) is 0 Å². The van der Waals surface area contributed by atoms with E-state index in [9.17, 15) is 9.36 Å². The van der Waals surface area contributed by atoms with Gasteiger partial charge in [0.15, 0.2) is 0 Å². The molecule has 1 atom stereocenters. The maximum Gasteiger partial charge on any atom is 0.332 e. The summed E-state index contributed by atoms with van der Waals surface area (Å²) in [6, 6.07) is 0. The van der Waals surface area contributed by atoms with E-state index in [1.807, 2.05) is 0 Å². The monoisotopic (exact) mass is 240 g/mol. The lowest BCUT2D eigenvalue weighted by molar-refractivity contribution is -0.120. The van der Waals surface area contributed by atoms with Crippen LogP contribution in [0.2, 0.25) is 0 Å². The van der Waals surface area contributed by atoms with E-state index in [0.29, 0.717) is 11.5 Å². The Balaban J connectivity index is 4.14. The maximum absolute atomic E-state index is 11.2. The van der Waals surface area contributed by atoms with E-state index in [-0.39, 0.29) is 0 Å². The van der Waals surface area contributed by atoms with Gasteiger partial charge in [-0.2, -0.15) is 0 Å². The Bertz CT molecular complexity index is 277. The number of ketones is 1. The number of halogens is 1. The third-order valence-corrected chi connectivity index (χ3v) is 2.54. The van der Waals surface area contributed by atoms with Gasteiger partial charge >= 0.3 is 7.60 Å². The summed E-state index contributed by atoms with van der Waals surface area (Å²) in [6.07, 6.45) is 1.38. The zero-order valence-corrected chi connectivity index (χ0v) is 9.76. The molecule has 0 fully saturated rings. The minimum Gasteiger partial charge on any atom is -0.324 e. The van der Waals surface area contributed by atoms with E-state index in [2.05, 4.69) is 0 Å². The molecule has 0 aliphatic heterocycles. The Morgan fingerprint density at radius 2 is 2.07 bits per heavy atom. The van der Waals surface area contributed by atoms with Gasteiger partial charge in [-0.05, 0) is 13.3 Å². The molecule has 0 aromatic carbocycles. The van der Waals surface area contributed by atoms with E-state index in [1.165, 1.54) is 0 Å². The van der Waals surface area contributed by atoms with E-state index in [4.69, 9.17) is 21.4 Å². The van der Waals surface area contributed by atoms with Crippen LogP contribution in [0.1, 0.15) is 20.3 Å². The van der Waals surface area contributed by atoms with E-state index in [0.717, 1.165) is 0 Å². The molecule has 1 unspecified atom stereocenters. The van der Waals surface area contributed by atoms with Crippen molar-refractivity contribution in [2.75, 3.05) is 6.16 Å². The highest BCUT2D eigenvalue weighted by molar-refractivity contribution is 7.52. The molecule has 6 heteroatoms. The summed E-state index contributed by atoms with van der Waals surface area (Å²) in [5.41, 5.74) is 0. The van der Waals surface area contributed by atoms with Crippen molar-refractivity contribution >= 4 is 25.0 Å². The van der Waals surface area contributed by atoms with Crippen LogP contribution in [0.4, 0.5) is 0 Å². The molecule has 0 aliphatic carbocycles. The van der Waals surface area contributed by atoms with Crippen molar-refractivity contribution in [2.45, 2.75) is 20.3 Å². The van der Waals surface area contributed by atoms with Gasteiger partial charge in [0.1, 0.15) is 11.9 Å². The largest absolute Gasteiger partial charge is 0.332 e. The third kappa shape index (κ3) is 7.27. The van der Waals surface area contributed by atoms with Crippen molar-refractivity contribution in [3.63, 3.8) is 0 Å². The minimum absolute atomic E-state index is 0.406. The van der Waals surface area contributed by atoms with Crippen LogP contribution in [0.5, 0.6) is 0 Å². The SMILES string of the molecule is C/C(Cl)=C\CC(C)C(=O)CP(=O)(O)O. The summed E-state index contributed by atoms with van der Waals surface area (Å²) in [6.45, 7) is 3.30. The molecule has 0 amide bonds. The van der Waals surface area contributed by atoms with Gasteiger partial charge in [-0.3, -0.25) is 9.36 Å². The predicted molar refractivity (Wildman–Crippen MR) is 55.3 cm³/mol. The quantitative estimate of drug-likeness (QED) is 0.720. The summed E-state index contributed by atoms with van der Waals surface area (Å²) in [5.74, 6) is -0.844. The molecule has 2 N–H and O–H groups in total. The van der Waals surface area contributed by atoms with Gasteiger partial charge in [0.25, 0.3) is 0 Å². The summed E-state index contributed by atoms with van der Waals surface area (Å²) >= 11 is 5.56. The van der Waals surface area contributed by atoms with Crippen molar-refractivity contribution in [1.29, 1.82) is 0 Å². The van der Waals surface area contributed by atoms with Gasteiger partial charge in [0, 0.05) is 11.0 Å². The number of hydrogen-bond donors (Lipinski definition) is 2. The highest BCUT2D eigenvalue weighted by atomic mass is 35.5. The lowest BCUT2D eigenvalue weighted by atomic mass is 10.0. The first-order valence-corrected chi connectivity index (χ1v) is 6.29. The van der Waals surface area contributed by atoms with E-state index >= 15 is 0 Å². The zero-order chi connectivity index (χ0) is 11.4. The van der Waals surface area contributed by atoms with Crippen LogP contribution >= 0.6 is 19.2 Å². The second-order valence-corrected chi connectivity index (χ2v) is 5.46. The van der Waals surface area contributed by atoms with E-state index in [1.54, 1.807) is 19.9 Å². The topological polar surface area (TPSA) is 74.6 Å². The van der Waals surface area contributed by atoms with Crippen molar-refractivity contribution < 1.29 is 19.1 Å². The summed E-state index contributed by atoms with van der Waals surface area (Å²) < 4.78 is 10.5.